The van der Waals surface area contributed by atoms with Gasteiger partial charge < -0.3 is 10.0 Å². The van der Waals surface area contributed by atoms with Gasteiger partial charge in [-0.1, -0.05) is 63.8 Å². The number of carboxylic acid groups (broad SMARTS) is 1. The van der Waals surface area contributed by atoms with Crippen LogP contribution in [0.15, 0.2) is 24.3 Å². The van der Waals surface area contributed by atoms with Crippen molar-refractivity contribution in [2.45, 2.75) is 71.6 Å². The van der Waals surface area contributed by atoms with Gasteiger partial charge in [-0.05, 0) is 25.2 Å². The topological polar surface area (TPSA) is 57.6 Å². The summed E-state index contributed by atoms with van der Waals surface area (Å²) in [6, 6.07) is 0. The van der Waals surface area contributed by atoms with Gasteiger partial charge in [0.15, 0.2) is 0 Å². The summed E-state index contributed by atoms with van der Waals surface area (Å²) >= 11 is 0. The normalized spacial score (nSPS) is 12.8. The van der Waals surface area contributed by atoms with Gasteiger partial charge in [-0.15, -0.1) is 0 Å². The van der Waals surface area contributed by atoms with Crippen molar-refractivity contribution in [3.05, 3.63) is 24.3 Å². The predicted octanol–water partition coefficient (Wildman–Crippen LogP) is 4.81. The molecule has 0 saturated carbocycles. The van der Waals surface area contributed by atoms with E-state index in [0.29, 0.717) is 25.3 Å². The van der Waals surface area contributed by atoms with E-state index in [2.05, 4.69) is 26.0 Å². The van der Waals surface area contributed by atoms with Crippen LogP contribution in [0.3, 0.4) is 0 Å². The number of carbonyl (C=O) groups is 2. The van der Waals surface area contributed by atoms with Crippen molar-refractivity contribution >= 4 is 11.9 Å². The highest BCUT2D eigenvalue weighted by Crippen LogP contribution is 2.10. The zero-order chi connectivity index (χ0) is 18.2. The highest BCUT2D eigenvalue weighted by Gasteiger charge is 2.06. The number of allylic oxidation sites excluding steroid dienone is 3. The molecule has 4 nitrogen and oxygen atoms in total. The fourth-order valence-corrected chi connectivity index (χ4v) is 2.39. The van der Waals surface area contributed by atoms with E-state index in [1.54, 1.807) is 11.9 Å². The monoisotopic (exact) mass is 337 g/mol. The minimum Gasteiger partial charge on any atom is -0.481 e. The van der Waals surface area contributed by atoms with Crippen molar-refractivity contribution in [1.82, 2.24) is 4.90 Å². The molecule has 24 heavy (non-hydrogen) atoms. The average molecular weight is 338 g/mol. The fraction of sp³-hybridized carbons (Fsp3) is 0.700. The second kappa shape index (κ2) is 15.0. The van der Waals surface area contributed by atoms with Crippen LogP contribution in [0.2, 0.25) is 0 Å². The van der Waals surface area contributed by atoms with Gasteiger partial charge in [0.2, 0.25) is 5.91 Å². The van der Waals surface area contributed by atoms with Crippen LogP contribution in [0.4, 0.5) is 0 Å². The molecule has 0 heterocycles. The molecule has 1 N–H and O–H groups in total. The molecule has 0 radical (unpaired) electrons. The summed E-state index contributed by atoms with van der Waals surface area (Å²) in [5, 5.41) is 8.55. The molecule has 0 rings (SSSR count). The molecular weight excluding hydrogens is 302 g/mol. The average Bonchev–Trinajstić information content (AvgIpc) is 2.53. The lowest BCUT2D eigenvalue weighted by atomic mass is 10.0. The first kappa shape index (κ1) is 22.4. The lowest BCUT2D eigenvalue weighted by Gasteiger charge is -2.14. The number of rotatable bonds is 14. The van der Waals surface area contributed by atoms with E-state index in [1.165, 1.54) is 25.7 Å². The number of nitrogens with zero attached hydrogens (tertiary/aromatic N) is 1. The minimum absolute atomic E-state index is 0.117. The lowest BCUT2D eigenvalue weighted by Crippen LogP contribution is -2.26. The van der Waals surface area contributed by atoms with Gasteiger partial charge in [0.05, 0.1) is 0 Å². The summed E-state index contributed by atoms with van der Waals surface area (Å²) in [6.45, 7) is 5.07. The van der Waals surface area contributed by atoms with Gasteiger partial charge in [0.1, 0.15) is 0 Å². The summed E-state index contributed by atoms with van der Waals surface area (Å²) in [5.41, 5.74) is 0. The van der Waals surface area contributed by atoms with Gasteiger partial charge in [-0.2, -0.15) is 0 Å². The molecule has 1 unspecified atom stereocenters. The molecule has 0 aromatic carbocycles. The van der Waals surface area contributed by atoms with Crippen LogP contribution >= 0.6 is 0 Å². The molecule has 0 aromatic rings. The van der Waals surface area contributed by atoms with E-state index in [0.717, 1.165) is 12.8 Å². The number of amides is 1. The Balaban J connectivity index is 3.79. The summed E-state index contributed by atoms with van der Waals surface area (Å²) in [4.78, 5) is 24.0. The molecule has 0 aliphatic heterocycles. The second-order valence-corrected chi connectivity index (χ2v) is 6.51. The third-order valence-corrected chi connectivity index (χ3v) is 4.04. The Kier molecular flexibility index (Phi) is 14.0. The van der Waals surface area contributed by atoms with Crippen LogP contribution in [-0.4, -0.2) is 35.5 Å². The largest absolute Gasteiger partial charge is 0.481 e. The first-order valence-electron chi connectivity index (χ1n) is 9.26. The Morgan fingerprint density at radius 3 is 2.42 bits per heavy atom. The van der Waals surface area contributed by atoms with Crippen molar-refractivity contribution in [3.8, 4) is 0 Å². The zero-order valence-corrected chi connectivity index (χ0v) is 15.7. The standard InChI is InChI=1S/C20H35NO3/c1-4-5-8-13-18(2)14-9-7-12-17-21(3)19(22)15-10-6-11-16-20(23)24/h7,9,12,14,18H,4-6,8,10-11,13,15-17H2,1-3H3,(H,23,24)/b12-7-,14-9+. The van der Waals surface area contributed by atoms with E-state index in [4.69, 9.17) is 5.11 Å². The number of hydrogen-bond acceptors (Lipinski definition) is 2. The molecule has 0 fully saturated rings. The van der Waals surface area contributed by atoms with E-state index in [1.807, 2.05) is 12.2 Å². The maximum absolute atomic E-state index is 11.9. The first-order chi connectivity index (χ1) is 11.5. The molecule has 0 bridgehead atoms. The number of carboxylic acids is 1. The van der Waals surface area contributed by atoms with Crippen LogP contribution in [0.1, 0.15) is 71.6 Å². The number of unbranched alkanes of at least 4 members (excludes halogenated alkanes) is 4. The van der Waals surface area contributed by atoms with Crippen LogP contribution in [-0.2, 0) is 9.59 Å². The van der Waals surface area contributed by atoms with Crippen molar-refractivity contribution in [1.29, 1.82) is 0 Å². The quantitative estimate of drug-likeness (QED) is 0.365. The third-order valence-electron chi connectivity index (χ3n) is 4.04. The van der Waals surface area contributed by atoms with Gasteiger partial charge in [0, 0.05) is 26.4 Å². The van der Waals surface area contributed by atoms with E-state index in [9.17, 15) is 9.59 Å². The molecule has 0 aliphatic rings. The molecule has 0 spiro atoms. The van der Waals surface area contributed by atoms with Gasteiger partial charge in [-0.25, -0.2) is 0 Å². The maximum atomic E-state index is 11.9. The van der Waals surface area contributed by atoms with Crippen LogP contribution < -0.4 is 0 Å². The maximum Gasteiger partial charge on any atom is 0.303 e. The number of likely N-dealkylation sites (N-methyl/N-ethyl adjacent to an activating group) is 1. The smallest absolute Gasteiger partial charge is 0.303 e. The van der Waals surface area contributed by atoms with Crippen molar-refractivity contribution < 1.29 is 14.7 Å². The lowest BCUT2D eigenvalue weighted by molar-refractivity contribution is -0.137. The SMILES string of the molecule is CCCCCC(C)/C=C/C=C\CN(C)C(=O)CCCCCC(=O)O. The molecule has 0 aliphatic carbocycles. The van der Waals surface area contributed by atoms with Crippen molar-refractivity contribution in [2.75, 3.05) is 13.6 Å². The molecule has 0 saturated heterocycles. The summed E-state index contributed by atoms with van der Waals surface area (Å²) in [7, 11) is 1.81. The molecule has 1 atom stereocenters. The number of carbonyl (C=O) groups excluding carboxylic acids is 1. The summed E-state index contributed by atoms with van der Waals surface area (Å²) in [6.07, 6.45) is 16.3. The van der Waals surface area contributed by atoms with Crippen molar-refractivity contribution in [3.63, 3.8) is 0 Å². The Morgan fingerprint density at radius 2 is 1.75 bits per heavy atom. The Hall–Kier alpha value is -1.58. The summed E-state index contributed by atoms with van der Waals surface area (Å²) in [5.74, 6) is -0.0467. The van der Waals surface area contributed by atoms with E-state index < -0.39 is 5.97 Å². The Bertz CT molecular complexity index is 402. The molecule has 1 amide bonds. The van der Waals surface area contributed by atoms with Gasteiger partial charge in [-0.3, -0.25) is 9.59 Å². The molecular formula is C20H35NO3. The Labute approximate surface area is 147 Å². The van der Waals surface area contributed by atoms with Crippen LogP contribution in [0.25, 0.3) is 0 Å². The Morgan fingerprint density at radius 1 is 1.04 bits per heavy atom. The van der Waals surface area contributed by atoms with Crippen LogP contribution in [0.5, 0.6) is 0 Å². The predicted molar refractivity (Wildman–Crippen MR) is 99.9 cm³/mol. The van der Waals surface area contributed by atoms with E-state index in [-0.39, 0.29) is 12.3 Å². The summed E-state index contributed by atoms with van der Waals surface area (Å²) < 4.78 is 0. The van der Waals surface area contributed by atoms with Crippen molar-refractivity contribution in [2.24, 2.45) is 5.92 Å². The third kappa shape index (κ3) is 14.0. The highest BCUT2D eigenvalue weighted by molar-refractivity contribution is 5.75. The second-order valence-electron chi connectivity index (χ2n) is 6.51. The van der Waals surface area contributed by atoms with E-state index >= 15 is 0 Å². The fourth-order valence-electron chi connectivity index (χ4n) is 2.39. The zero-order valence-electron chi connectivity index (χ0n) is 15.7. The molecule has 0 aromatic heterocycles. The number of aliphatic carboxylic acids is 1. The van der Waals surface area contributed by atoms with Gasteiger partial charge >= 0.3 is 5.97 Å². The minimum atomic E-state index is -0.767. The van der Waals surface area contributed by atoms with Gasteiger partial charge in [0.25, 0.3) is 0 Å². The molecule has 138 valence electrons. The molecule has 4 heteroatoms. The first-order valence-corrected chi connectivity index (χ1v) is 9.26. The number of hydrogen-bond donors (Lipinski definition) is 1. The van der Waals surface area contributed by atoms with Crippen LogP contribution in [0, 0.1) is 5.92 Å². The highest BCUT2D eigenvalue weighted by atomic mass is 16.4.